The molecule has 1 amide bonds. The lowest BCUT2D eigenvalue weighted by molar-refractivity contribution is 0.0964. The Labute approximate surface area is 208 Å². The number of nitrogens with zero attached hydrogens (tertiary/aromatic N) is 3. The monoisotopic (exact) mass is 488 g/mol. The summed E-state index contributed by atoms with van der Waals surface area (Å²) >= 11 is 0. The number of benzene rings is 2. The molecule has 9 heteroatoms. The van der Waals surface area contributed by atoms with Gasteiger partial charge in [0.1, 0.15) is 11.6 Å². The molecule has 3 N–H and O–H groups in total. The van der Waals surface area contributed by atoms with E-state index in [1.54, 1.807) is 38.4 Å². The molecule has 1 fully saturated rings. The first-order chi connectivity index (χ1) is 17.0. The van der Waals surface area contributed by atoms with Crippen molar-refractivity contribution in [2.75, 3.05) is 54.3 Å². The van der Waals surface area contributed by atoms with E-state index in [0.717, 1.165) is 36.0 Å². The van der Waals surface area contributed by atoms with Gasteiger partial charge in [0.05, 0.1) is 30.6 Å². The number of ether oxygens (including phenoxy) is 1. The van der Waals surface area contributed by atoms with Crippen molar-refractivity contribution in [3.63, 3.8) is 0 Å². The van der Waals surface area contributed by atoms with Crippen LogP contribution < -0.4 is 25.6 Å². The Balaban J connectivity index is 1.59. The number of anilines is 5. The van der Waals surface area contributed by atoms with Crippen LogP contribution in [0.5, 0.6) is 5.75 Å². The molecule has 0 saturated carbocycles. The van der Waals surface area contributed by atoms with Gasteiger partial charge >= 0.3 is 0 Å². The molecule has 1 aliphatic heterocycles. The highest BCUT2D eigenvalue weighted by Gasteiger charge is 2.16. The number of pyridine rings is 1. The van der Waals surface area contributed by atoms with E-state index in [0.29, 0.717) is 34.2 Å². The minimum absolute atomic E-state index is 0.213. The number of carbonyl (C=O) groups is 1. The van der Waals surface area contributed by atoms with Crippen LogP contribution in [0.15, 0.2) is 54.7 Å². The molecule has 0 radical (unpaired) electrons. The summed E-state index contributed by atoms with van der Waals surface area (Å²) in [6.45, 7) is 9.52. The zero-order valence-corrected chi connectivity index (χ0v) is 20.6. The van der Waals surface area contributed by atoms with Gasteiger partial charge in [-0.1, -0.05) is 18.0 Å². The molecule has 1 aliphatic rings. The fourth-order valence-electron chi connectivity index (χ4n) is 3.84. The Hall–Kier alpha value is -4.03. The SMILES string of the molecule is [C-]#[N+]c1cnc(Nc2ccc(N3CCS(=C)CC3)cc2OC)cc1Nc1ccccc1C(=O)NC. The maximum absolute atomic E-state index is 12.3. The van der Waals surface area contributed by atoms with Crippen molar-refractivity contribution < 1.29 is 9.53 Å². The number of amides is 1. The van der Waals surface area contributed by atoms with Crippen molar-refractivity contribution in [1.82, 2.24) is 10.3 Å². The number of para-hydroxylation sites is 1. The number of rotatable bonds is 7. The lowest BCUT2D eigenvalue weighted by Gasteiger charge is -2.31. The summed E-state index contributed by atoms with van der Waals surface area (Å²) in [7, 11) is 3.49. The molecule has 35 heavy (non-hydrogen) atoms. The van der Waals surface area contributed by atoms with E-state index in [1.165, 1.54) is 6.20 Å². The number of hydrogen-bond donors (Lipinski definition) is 3. The Morgan fingerprint density at radius 3 is 2.60 bits per heavy atom. The first kappa shape index (κ1) is 24.1. The normalized spacial score (nSPS) is 13.6. The average Bonchev–Trinajstić information content (AvgIpc) is 2.89. The minimum Gasteiger partial charge on any atom is -0.494 e. The molecule has 0 bridgehead atoms. The van der Waals surface area contributed by atoms with E-state index in [-0.39, 0.29) is 16.4 Å². The van der Waals surface area contributed by atoms with E-state index in [1.807, 2.05) is 18.2 Å². The van der Waals surface area contributed by atoms with Crippen LogP contribution in [0.1, 0.15) is 10.4 Å². The maximum atomic E-state index is 12.3. The van der Waals surface area contributed by atoms with Gasteiger partial charge in [0, 0.05) is 55.3 Å². The molecule has 4 rings (SSSR count). The lowest BCUT2D eigenvalue weighted by Crippen LogP contribution is -2.33. The minimum atomic E-state index is -0.213. The van der Waals surface area contributed by atoms with Gasteiger partial charge < -0.3 is 25.6 Å². The third-order valence-electron chi connectivity index (χ3n) is 5.78. The van der Waals surface area contributed by atoms with Crippen LogP contribution in [-0.2, 0) is 0 Å². The molecule has 0 atom stereocenters. The summed E-state index contributed by atoms with van der Waals surface area (Å²) < 4.78 is 5.66. The van der Waals surface area contributed by atoms with Crippen molar-refractivity contribution in [3.05, 3.63) is 71.7 Å². The van der Waals surface area contributed by atoms with Crippen LogP contribution >= 0.6 is 10.5 Å². The molecule has 0 aliphatic carbocycles. The Bertz CT molecular complexity index is 1290. The van der Waals surface area contributed by atoms with Crippen LogP contribution in [0.25, 0.3) is 4.85 Å². The number of methoxy groups -OCH3 is 1. The number of carbonyl (C=O) groups excluding carboxylic acids is 1. The second kappa shape index (κ2) is 10.9. The molecule has 1 aromatic heterocycles. The zero-order chi connectivity index (χ0) is 24.8. The van der Waals surface area contributed by atoms with Crippen LogP contribution in [0, 0.1) is 6.57 Å². The maximum Gasteiger partial charge on any atom is 0.253 e. The molecular formula is C26H28N6O2S. The highest BCUT2D eigenvalue weighted by atomic mass is 32.2. The fraction of sp³-hybridized carbons (Fsp3) is 0.231. The Morgan fingerprint density at radius 1 is 1.11 bits per heavy atom. The summed E-state index contributed by atoms with van der Waals surface area (Å²) in [5, 5.41) is 9.16. The van der Waals surface area contributed by atoms with Crippen LogP contribution in [0.2, 0.25) is 0 Å². The zero-order valence-electron chi connectivity index (χ0n) is 19.8. The third-order valence-corrected chi connectivity index (χ3v) is 7.30. The molecule has 0 unspecified atom stereocenters. The first-order valence-electron chi connectivity index (χ1n) is 11.1. The van der Waals surface area contributed by atoms with Crippen LogP contribution in [0.3, 0.4) is 0 Å². The van der Waals surface area contributed by atoms with Crippen molar-refractivity contribution >= 4 is 56.5 Å². The predicted octanol–water partition coefficient (Wildman–Crippen LogP) is 5.01. The molecule has 2 heterocycles. The average molecular weight is 489 g/mol. The summed E-state index contributed by atoms with van der Waals surface area (Å²) in [4.78, 5) is 22.6. The fourth-order valence-corrected chi connectivity index (χ4v) is 5.01. The van der Waals surface area contributed by atoms with E-state index in [9.17, 15) is 4.79 Å². The van der Waals surface area contributed by atoms with Crippen molar-refractivity contribution in [1.29, 1.82) is 0 Å². The molecular weight excluding hydrogens is 460 g/mol. The topological polar surface area (TPSA) is 82.9 Å². The van der Waals surface area contributed by atoms with Gasteiger partial charge in [0.15, 0.2) is 0 Å². The number of nitrogens with one attached hydrogen (secondary N) is 3. The smallest absolute Gasteiger partial charge is 0.253 e. The Morgan fingerprint density at radius 2 is 1.89 bits per heavy atom. The van der Waals surface area contributed by atoms with E-state index in [4.69, 9.17) is 11.3 Å². The van der Waals surface area contributed by atoms with Gasteiger partial charge in [-0.2, -0.15) is 10.5 Å². The molecule has 1 saturated heterocycles. The lowest BCUT2D eigenvalue weighted by atomic mass is 10.1. The molecule has 0 spiro atoms. The summed E-state index contributed by atoms with van der Waals surface area (Å²) in [6.07, 6.45) is 1.50. The second-order valence-corrected chi connectivity index (χ2v) is 10.0. The van der Waals surface area contributed by atoms with E-state index in [2.05, 4.69) is 42.6 Å². The van der Waals surface area contributed by atoms with Gasteiger partial charge in [-0.25, -0.2) is 4.85 Å². The van der Waals surface area contributed by atoms with Gasteiger partial charge in [-0.15, -0.1) is 0 Å². The van der Waals surface area contributed by atoms with E-state index < -0.39 is 0 Å². The van der Waals surface area contributed by atoms with Crippen molar-refractivity contribution in [3.8, 4) is 5.75 Å². The summed E-state index contributed by atoms with van der Waals surface area (Å²) in [5.74, 6) is 7.46. The number of hydrogen-bond acceptors (Lipinski definition) is 6. The second-order valence-electron chi connectivity index (χ2n) is 7.97. The van der Waals surface area contributed by atoms with Crippen molar-refractivity contribution in [2.45, 2.75) is 0 Å². The molecule has 3 aromatic rings. The highest BCUT2D eigenvalue weighted by molar-refractivity contribution is 8.14. The van der Waals surface area contributed by atoms with Gasteiger partial charge in [0.25, 0.3) is 5.91 Å². The largest absolute Gasteiger partial charge is 0.494 e. The molecule has 8 nitrogen and oxygen atoms in total. The number of aromatic nitrogens is 1. The first-order valence-corrected chi connectivity index (χ1v) is 12.9. The molecule has 180 valence electrons. The van der Waals surface area contributed by atoms with E-state index >= 15 is 0 Å². The van der Waals surface area contributed by atoms with Crippen molar-refractivity contribution in [2.24, 2.45) is 0 Å². The van der Waals surface area contributed by atoms with Gasteiger partial charge in [0.2, 0.25) is 5.69 Å². The summed E-state index contributed by atoms with van der Waals surface area (Å²) in [5.41, 5.74) is 3.86. The quantitative estimate of drug-likeness (QED) is 0.320. The van der Waals surface area contributed by atoms with Gasteiger partial charge in [-0.05, 0) is 30.3 Å². The predicted molar refractivity (Wildman–Crippen MR) is 147 cm³/mol. The van der Waals surface area contributed by atoms with Gasteiger partial charge in [-0.3, -0.25) is 9.78 Å². The standard InChI is InChI=1S/C26H28N6O2S/c1-27-23-17-29-25(16-22(23)30-20-8-6-5-7-19(20)26(33)28-2)31-21-10-9-18(15-24(21)34-3)32-11-13-35(4)14-12-32/h5-10,15-17H,4,11-14H2,2-3H3,(H,28,33)(H2,29,30,31). The summed E-state index contributed by atoms with van der Waals surface area (Å²) in [6, 6.07) is 15.0. The highest BCUT2D eigenvalue weighted by Crippen LogP contribution is 2.35. The molecule has 2 aromatic carbocycles. The van der Waals surface area contributed by atoms with Crippen LogP contribution in [0.4, 0.5) is 34.3 Å². The Kier molecular flexibility index (Phi) is 7.53. The van der Waals surface area contributed by atoms with Crippen LogP contribution in [-0.4, -0.2) is 55.5 Å². The third kappa shape index (κ3) is 5.55.